The molecule has 2 saturated carbocycles. The molecule has 3 N–H and O–H groups in total. The molecule has 1 saturated heterocycles. The Morgan fingerprint density at radius 1 is 1.03 bits per heavy atom. The monoisotopic (exact) mass is 425 g/mol. The third kappa shape index (κ3) is 3.38. The van der Waals surface area contributed by atoms with Crippen LogP contribution in [0, 0.1) is 5.82 Å². The second-order valence-corrected chi connectivity index (χ2v) is 9.59. The van der Waals surface area contributed by atoms with Crippen molar-refractivity contribution in [2.24, 2.45) is 0 Å². The third-order valence-electron chi connectivity index (χ3n) is 7.41. The highest BCUT2D eigenvalue weighted by Crippen LogP contribution is 2.49. The van der Waals surface area contributed by atoms with Crippen LogP contribution in [0.1, 0.15) is 80.1 Å². The molecule has 1 aromatic heterocycles. The van der Waals surface area contributed by atoms with Gasteiger partial charge in [0.15, 0.2) is 5.82 Å². The van der Waals surface area contributed by atoms with E-state index in [2.05, 4.69) is 15.5 Å². The second kappa shape index (κ2) is 7.41. The fourth-order valence-corrected chi connectivity index (χ4v) is 5.59. The van der Waals surface area contributed by atoms with Crippen LogP contribution in [-0.4, -0.2) is 38.7 Å². The zero-order valence-electron chi connectivity index (χ0n) is 17.5. The van der Waals surface area contributed by atoms with Crippen molar-refractivity contribution in [1.82, 2.24) is 10.2 Å². The first-order valence-electron chi connectivity index (χ1n) is 11.6. The number of phenols is 1. The predicted octanol–water partition coefficient (Wildman–Crippen LogP) is 4.36. The van der Waals surface area contributed by atoms with Crippen LogP contribution in [0.3, 0.4) is 0 Å². The fourth-order valence-electron chi connectivity index (χ4n) is 5.59. The van der Waals surface area contributed by atoms with E-state index in [1.807, 2.05) is 0 Å². The Labute approximate surface area is 180 Å². The number of benzene rings is 1. The zero-order valence-corrected chi connectivity index (χ0v) is 17.5. The van der Waals surface area contributed by atoms with Crippen LogP contribution in [-0.2, 0) is 11.2 Å². The largest absolute Gasteiger partial charge is 0.507 e. The molecule has 2 aromatic rings. The Morgan fingerprint density at radius 2 is 1.87 bits per heavy atom. The summed E-state index contributed by atoms with van der Waals surface area (Å²) >= 11 is 0. The normalized spacial score (nSPS) is 29.6. The van der Waals surface area contributed by atoms with Gasteiger partial charge in [0.25, 0.3) is 0 Å². The molecular formula is C24H28FN3O3. The Hall–Kier alpha value is -2.25. The molecular weight excluding hydrogens is 397 g/mol. The lowest BCUT2D eigenvalue weighted by molar-refractivity contribution is 0.0324. The van der Waals surface area contributed by atoms with E-state index in [4.69, 9.17) is 4.74 Å². The molecule has 0 amide bonds. The molecule has 6 nitrogen and oxygen atoms in total. The van der Waals surface area contributed by atoms with Crippen molar-refractivity contribution in [3.63, 3.8) is 0 Å². The minimum atomic E-state index is -0.457. The van der Waals surface area contributed by atoms with Crippen molar-refractivity contribution >= 4 is 5.82 Å². The maximum Gasteiger partial charge on any atom is 0.152 e. The van der Waals surface area contributed by atoms with Crippen molar-refractivity contribution in [2.75, 3.05) is 5.32 Å². The average Bonchev–Trinajstić information content (AvgIpc) is 3.54. The van der Waals surface area contributed by atoms with Gasteiger partial charge in [-0.15, -0.1) is 10.2 Å². The quantitative estimate of drug-likeness (QED) is 0.675. The van der Waals surface area contributed by atoms with Gasteiger partial charge in [-0.2, -0.15) is 0 Å². The molecule has 164 valence electrons. The number of nitrogens with one attached hydrogen (secondary N) is 1. The van der Waals surface area contributed by atoms with E-state index in [-0.39, 0.29) is 29.6 Å². The van der Waals surface area contributed by atoms with Crippen molar-refractivity contribution in [3.8, 4) is 17.0 Å². The molecule has 3 fully saturated rings. The number of rotatable bonds is 4. The number of anilines is 1. The first kappa shape index (κ1) is 19.4. The summed E-state index contributed by atoms with van der Waals surface area (Å²) in [6, 6.07) is 3.16. The molecule has 0 unspecified atom stereocenters. The Morgan fingerprint density at radius 3 is 2.65 bits per heavy atom. The SMILES string of the molecule is Oc1cc(C2CC2)cc(F)c1-c1nnc(N[C@@H]2CCCC[C@H]2O)c2c1[C@@H]1CC[C@H](C2)O1. The number of phenolic OH excluding ortho intramolecular Hbond substituents is 1. The topological polar surface area (TPSA) is 87.5 Å². The molecule has 3 heterocycles. The van der Waals surface area contributed by atoms with Crippen LogP contribution >= 0.6 is 0 Å². The van der Waals surface area contributed by atoms with E-state index >= 15 is 4.39 Å². The summed E-state index contributed by atoms with van der Waals surface area (Å²) in [5.41, 5.74) is 3.18. The van der Waals surface area contributed by atoms with Crippen molar-refractivity contribution in [1.29, 1.82) is 0 Å². The van der Waals surface area contributed by atoms with Gasteiger partial charge in [-0.3, -0.25) is 0 Å². The van der Waals surface area contributed by atoms with Gasteiger partial charge in [0.1, 0.15) is 17.3 Å². The van der Waals surface area contributed by atoms with E-state index in [0.717, 1.165) is 68.1 Å². The number of hydrogen-bond donors (Lipinski definition) is 3. The lowest BCUT2D eigenvalue weighted by Crippen LogP contribution is -2.37. The van der Waals surface area contributed by atoms with Crippen molar-refractivity contribution in [2.45, 2.75) is 88.1 Å². The Kier molecular flexibility index (Phi) is 4.65. The van der Waals surface area contributed by atoms with Crippen LogP contribution in [0.15, 0.2) is 12.1 Å². The molecule has 0 spiro atoms. The summed E-state index contributed by atoms with van der Waals surface area (Å²) in [7, 11) is 0. The van der Waals surface area contributed by atoms with Gasteiger partial charge in [0, 0.05) is 17.5 Å². The summed E-state index contributed by atoms with van der Waals surface area (Å²) in [5, 5.41) is 33.4. The van der Waals surface area contributed by atoms with E-state index in [1.54, 1.807) is 6.07 Å². The summed E-state index contributed by atoms with van der Waals surface area (Å²) < 4.78 is 21.4. The molecule has 2 bridgehead atoms. The Bertz CT molecular complexity index is 1000. The average molecular weight is 426 g/mol. The zero-order chi connectivity index (χ0) is 21.1. The molecule has 0 radical (unpaired) electrons. The van der Waals surface area contributed by atoms with Crippen LogP contribution in [0.2, 0.25) is 0 Å². The fraction of sp³-hybridized carbons (Fsp3) is 0.583. The minimum absolute atomic E-state index is 0.0542. The highest BCUT2D eigenvalue weighted by Gasteiger charge is 2.40. The highest BCUT2D eigenvalue weighted by atomic mass is 19.1. The number of fused-ring (bicyclic) bond motifs is 4. The highest BCUT2D eigenvalue weighted by molar-refractivity contribution is 5.74. The van der Waals surface area contributed by atoms with E-state index in [1.165, 1.54) is 6.07 Å². The van der Waals surface area contributed by atoms with Gasteiger partial charge in [-0.05, 0) is 62.1 Å². The number of ether oxygens (including phenoxy) is 1. The molecule has 7 heteroatoms. The van der Waals surface area contributed by atoms with Crippen LogP contribution in [0.4, 0.5) is 10.2 Å². The van der Waals surface area contributed by atoms with Crippen molar-refractivity contribution in [3.05, 3.63) is 34.6 Å². The molecule has 4 atom stereocenters. The van der Waals surface area contributed by atoms with Gasteiger partial charge in [-0.25, -0.2) is 4.39 Å². The number of aromatic hydroxyl groups is 1. The molecule has 2 aliphatic heterocycles. The van der Waals surface area contributed by atoms with E-state index < -0.39 is 11.9 Å². The summed E-state index contributed by atoms with van der Waals surface area (Å²) in [6.07, 6.45) is 7.90. The van der Waals surface area contributed by atoms with Crippen molar-refractivity contribution < 1.29 is 19.3 Å². The summed E-state index contributed by atoms with van der Waals surface area (Å²) in [6.45, 7) is 0. The first-order chi connectivity index (χ1) is 15.1. The van der Waals surface area contributed by atoms with Gasteiger partial charge in [0.2, 0.25) is 0 Å². The smallest absolute Gasteiger partial charge is 0.152 e. The standard InChI is InChI=1S/C24H28FN3O3/c25-16-9-13(12-5-6-12)10-19(30)22(16)23-21-15(11-14-7-8-20(21)31-14)24(28-27-23)26-17-3-1-2-4-18(17)29/h9-10,12,14,17-18,20,29-30H,1-8,11H2,(H,26,28)/t14-,17-,18-,20+/m1/s1. The van der Waals surface area contributed by atoms with Gasteiger partial charge < -0.3 is 20.3 Å². The molecule has 4 aliphatic rings. The number of hydrogen-bond acceptors (Lipinski definition) is 6. The van der Waals surface area contributed by atoms with Crippen LogP contribution < -0.4 is 5.32 Å². The van der Waals surface area contributed by atoms with E-state index in [0.29, 0.717) is 23.9 Å². The summed E-state index contributed by atoms with van der Waals surface area (Å²) in [4.78, 5) is 0. The van der Waals surface area contributed by atoms with Crippen LogP contribution in [0.25, 0.3) is 11.3 Å². The van der Waals surface area contributed by atoms with Crippen LogP contribution in [0.5, 0.6) is 5.75 Å². The van der Waals surface area contributed by atoms with Gasteiger partial charge in [0.05, 0.1) is 29.9 Å². The lowest BCUT2D eigenvalue weighted by atomic mass is 9.90. The maximum atomic E-state index is 15.2. The number of halogens is 1. The number of aliphatic hydroxyl groups is 1. The number of aliphatic hydroxyl groups excluding tert-OH is 1. The van der Waals surface area contributed by atoms with Gasteiger partial charge in [-0.1, -0.05) is 12.8 Å². The molecule has 6 rings (SSSR count). The molecule has 1 aromatic carbocycles. The maximum absolute atomic E-state index is 15.2. The number of nitrogens with zero attached hydrogens (tertiary/aromatic N) is 2. The molecule has 2 aliphatic carbocycles. The minimum Gasteiger partial charge on any atom is -0.507 e. The Balaban J connectivity index is 1.44. The lowest BCUT2D eigenvalue weighted by Gasteiger charge is -2.32. The second-order valence-electron chi connectivity index (χ2n) is 9.59. The first-order valence-corrected chi connectivity index (χ1v) is 11.6. The van der Waals surface area contributed by atoms with Gasteiger partial charge >= 0.3 is 0 Å². The third-order valence-corrected chi connectivity index (χ3v) is 7.41. The number of aromatic nitrogens is 2. The summed E-state index contributed by atoms with van der Waals surface area (Å²) in [5.74, 6) is 0.477. The predicted molar refractivity (Wildman–Crippen MR) is 114 cm³/mol. The van der Waals surface area contributed by atoms with E-state index in [9.17, 15) is 10.2 Å². The molecule has 31 heavy (non-hydrogen) atoms.